The summed E-state index contributed by atoms with van der Waals surface area (Å²) in [6, 6.07) is 6.07. The Morgan fingerprint density at radius 3 is 1.98 bits per heavy atom. The molecule has 1 aromatic carbocycles. The van der Waals surface area contributed by atoms with Crippen molar-refractivity contribution < 1.29 is 4.79 Å². The number of thiophene rings is 1. The molecule has 0 radical (unpaired) electrons. The fraction of sp³-hybridized carbons (Fsp3) is 0.649. The van der Waals surface area contributed by atoms with Gasteiger partial charge in [-0.05, 0) is 80.8 Å². The van der Waals surface area contributed by atoms with E-state index in [1.165, 1.54) is 17.8 Å². The van der Waals surface area contributed by atoms with E-state index < -0.39 is 0 Å². The van der Waals surface area contributed by atoms with Crippen molar-refractivity contribution in [1.82, 2.24) is 24.2 Å². The van der Waals surface area contributed by atoms with Crippen LogP contribution in [-0.2, 0) is 17.8 Å². The number of nitrogens with one attached hydrogen (secondary N) is 1. The number of amides is 1. The normalized spacial score (nSPS) is 10.5. The molecule has 0 saturated heterocycles. The van der Waals surface area contributed by atoms with E-state index in [9.17, 15) is 9.59 Å². The topological polar surface area (TPSA) is 71.6 Å². The highest BCUT2D eigenvalue weighted by molar-refractivity contribution is 7.16. The number of aryl methyl sites for hydroxylation is 2. The summed E-state index contributed by atoms with van der Waals surface area (Å²) in [5, 5.41) is 5.45. The zero-order valence-corrected chi connectivity index (χ0v) is 32.0. The third kappa shape index (κ3) is 12.2. The van der Waals surface area contributed by atoms with Crippen molar-refractivity contribution in [1.29, 1.82) is 0 Å². The van der Waals surface area contributed by atoms with E-state index in [4.69, 9.17) is 4.98 Å². The van der Waals surface area contributed by atoms with Crippen molar-refractivity contribution in [2.24, 2.45) is 11.8 Å². The number of hydrogen-bond acceptors (Lipinski definition) is 5. The largest absolute Gasteiger partial charge is 0.342 e. The van der Waals surface area contributed by atoms with Crippen LogP contribution in [0.25, 0.3) is 27.0 Å². The third-order valence-electron chi connectivity index (χ3n) is 6.69. The molecule has 4 rings (SSSR count). The summed E-state index contributed by atoms with van der Waals surface area (Å²) in [5.74, 6) is 1.99. The lowest BCUT2D eigenvalue weighted by atomic mass is 10.1. The maximum Gasteiger partial charge on any atom is 0.268 e. The van der Waals surface area contributed by atoms with Gasteiger partial charge in [-0.25, -0.2) is 9.38 Å². The number of aromatic nitrogens is 3. The summed E-state index contributed by atoms with van der Waals surface area (Å²) in [7, 11) is 3.75. The Labute approximate surface area is 278 Å². The van der Waals surface area contributed by atoms with E-state index >= 15 is 0 Å². The molecule has 0 fully saturated rings. The highest BCUT2D eigenvalue weighted by atomic mass is 32.1. The number of rotatable bonds is 10. The Bertz CT molecular complexity index is 1430. The predicted octanol–water partition coefficient (Wildman–Crippen LogP) is 9.35. The van der Waals surface area contributed by atoms with Crippen LogP contribution in [0.3, 0.4) is 0 Å². The molecule has 0 saturated carbocycles. The molecular formula is C37H65N5O2S. The van der Waals surface area contributed by atoms with Gasteiger partial charge in [0.15, 0.2) is 0 Å². The van der Waals surface area contributed by atoms with Gasteiger partial charge in [-0.2, -0.15) is 0 Å². The average Bonchev–Trinajstić information content (AvgIpc) is 3.53. The van der Waals surface area contributed by atoms with Crippen molar-refractivity contribution in [3.63, 3.8) is 0 Å². The van der Waals surface area contributed by atoms with Gasteiger partial charge in [0, 0.05) is 19.6 Å². The summed E-state index contributed by atoms with van der Waals surface area (Å²) < 4.78 is 3.88. The molecule has 1 amide bonds. The second kappa shape index (κ2) is 22.7. The van der Waals surface area contributed by atoms with Crippen LogP contribution in [0.15, 0.2) is 28.4 Å². The smallest absolute Gasteiger partial charge is 0.268 e. The van der Waals surface area contributed by atoms with Gasteiger partial charge in [-0.3, -0.25) is 9.59 Å². The zero-order chi connectivity index (χ0) is 34.7. The van der Waals surface area contributed by atoms with Gasteiger partial charge in [0.1, 0.15) is 4.83 Å². The predicted molar refractivity (Wildman–Crippen MR) is 200 cm³/mol. The highest BCUT2D eigenvalue weighted by Gasteiger charge is 2.20. The quantitative estimate of drug-likeness (QED) is 0.187. The average molecular weight is 644 g/mol. The van der Waals surface area contributed by atoms with Crippen LogP contribution >= 0.6 is 11.3 Å². The first-order valence-electron chi connectivity index (χ1n) is 17.3. The van der Waals surface area contributed by atoms with Crippen LogP contribution in [0.1, 0.15) is 113 Å². The minimum atomic E-state index is -0.0130. The van der Waals surface area contributed by atoms with Gasteiger partial charge in [-0.15, -0.1) is 11.3 Å². The number of carbonyl (C=O) groups excluding carboxylic acids is 1. The molecule has 0 aliphatic rings. The minimum Gasteiger partial charge on any atom is -0.342 e. The van der Waals surface area contributed by atoms with Gasteiger partial charge in [0.05, 0.1) is 22.8 Å². The molecular weight excluding hydrogens is 579 g/mol. The summed E-state index contributed by atoms with van der Waals surface area (Å²) in [4.78, 5) is 34.5. The Hall–Kier alpha value is -2.71. The summed E-state index contributed by atoms with van der Waals surface area (Å²) in [6.45, 7) is 27.5. The molecule has 0 spiro atoms. The molecule has 0 aliphatic heterocycles. The number of benzene rings is 1. The molecule has 3 heterocycles. The monoisotopic (exact) mass is 643 g/mol. The number of nitrogens with zero attached hydrogens (tertiary/aromatic N) is 4. The number of hydrogen-bond donors (Lipinski definition) is 1. The number of carbonyl (C=O) groups is 1. The van der Waals surface area contributed by atoms with E-state index in [2.05, 4.69) is 64.4 Å². The summed E-state index contributed by atoms with van der Waals surface area (Å²) in [5.41, 5.74) is 3.76. The fourth-order valence-electron chi connectivity index (χ4n) is 4.63. The Morgan fingerprint density at radius 1 is 0.956 bits per heavy atom. The van der Waals surface area contributed by atoms with E-state index in [0.29, 0.717) is 29.4 Å². The number of imidazole rings is 1. The molecule has 45 heavy (non-hydrogen) atoms. The van der Waals surface area contributed by atoms with E-state index in [-0.39, 0.29) is 11.5 Å². The van der Waals surface area contributed by atoms with Gasteiger partial charge in [-0.1, -0.05) is 88.6 Å². The van der Waals surface area contributed by atoms with Crippen molar-refractivity contribution in [2.75, 3.05) is 27.2 Å². The van der Waals surface area contributed by atoms with Crippen molar-refractivity contribution >= 4 is 44.3 Å². The van der Waals surface area contributed by atoms with Crippen LogP contribution in [0.2, 0.25) is 0 Å². The van der Waals surface area contributed by atoms with Gasteiger partial charge in [0.25, 0.3) is 5.56 Å². The lowest BCUT2D eigenvalue weighted by molar-refractivity contribution is -0.130. The maximum atomic E-state index is 13.5. The van der Waals surface area contributed by atoms with Crippen LogP contribution in [0.5, 0.6) is 0 Å². The minimum absolute atomic E-state index is 0.0130. The standard InChI is InChI=1S/C28H38N4O2S.C3H8.C2H7N.2C2H6/c1-7-12-31-23-15-21(16-24(33)30(13-10-18(2)3)14-11-19(4)5)8-9-22(23)32-27(34)25-20(6)17-35-26(25)29-28(31)32;2*1-3-2;2*1-2/h8-9,15,17-19H,7,10-14,16H2,1-6H3;3H2,1-2H3;3H,1-2H3;2*1-2H3. The third-order valence-corrected chi connectivity index (χ3v) is 7.69. The SMILES string of the molecule is CC.CC.CCC.CCCn1c2cc(CC(=O)N(CCC(C)C)CCC(C)C)ccc2n2c(=O)c3c(C)csc3nc12.CNC. The molecule has 0 aliphatic carbocycles. The molecule has 0 bridgehead atoms. The zero-order valence-electron chi connectivity index (χ0n) is 31.1. The number of fused-ring (bicyclic) bond motifs is 4. The van der Waals surface area contributed by atoms with Crippen LogP contribution in [0, 0.1) is 18.8 Å². The molecule has 4 aromatic rings. The first-order chi connectivity index (χ1) is 21.5. The maximum absolute atomic E-state index is 13.5. The molecule has 8 heteroatoms. The van der Waals surface area contributed by atoms with Crippen molar-refractivity contribution in [3.8, 4) is 0 Å². The van der Waals surface area contributed by atoms with Gasteiger partial charge < -0.3 is 14.8 Å². The molecule has 0 unspecified atom stereocenters. The molecule has 7 nitrogen and oxygen atoms in total. The first kappa shape index (κ1) is 42.3. The van der Waals surface area contributed by atoms with E-state index in [1.54, 1.807) is 4.40 Å². The van der Waals surface area contributed by atoms with E-state index in [1.807, 2.05) is 71.1 Å². The van der Waals surface area contributed by atoms with Crippen LogP contribution in [0.4, 0.5) is 0 Å². The van der Waals surface area contributed by atoms with Gasteiger partial charge in [0.2, 0.25) is 11.7 Å². The first-order valence-corrected chi connectivity index (χ1v) is 18.2. The molecule has 3 aromatic heterocycles. The van der Waals surface area contributed by atoms with Gasteiger partial charge >= 0.3 is 0 Å². The fourth-order valence-corrected chi connectivity index (χ4v) is 5.53. The Kier molecular flexibility index (Phi) is 21.4. The lowest BCUT2D eigenvalue weighted by Crippen LogP contribution is -2.35. The van der Waals surface area contributed by atoms with Crippen LogP contribution < -0.4 is 10.9 Å². The summed E-state index contributed by atoms with van der Waals surface area (Å²) in [6.07, 6.45) is 4.58. The van der Waals surface area contributed by atoms with E-state index in [0.717, 1.165) is 65.9 Å². The van der Waals surface area contributed by atoms with Crippen molar-refractivity contribution in [3.05, 3.63) is 45.1 Å². The lowest BCUT2D eigenvalue weighted by Gasteiger charge is -2.24. The Morgan fingerprint density at radius 2 is 1.49 bits per heavy atom. The molecule has 0 atom stereocenters. The second-order valence-corrected chi connectivity index (χ2v) is 12.6. The molecule has 256 valence electrons. The molecule has 1 N–H and O–H groups in total. The van der Waals surface area contributed by atoms with Crippen molar-refractivity contribution in [2.45, 2.75) is 122 Å². The Balaban J connectivity index is 0.00000173. The van der Waals surface area contributed by atoms with Crippen LogP contribution in [-0.4, -0.2) is 51.9 Å². The summed E-state index contributed by atoms with van der Waals surface area (Å²) >= 11 is 1.52. The second-order valence-electron chi connectivity index (χ2n) is 11.8. The highest BCUT2D eigenvalue weighted by Crippen LogP contribution is 2.26.